The van der Waals surface area contributed by atoms with Crippen LogP contribution in [0.3, 0.4) is 0 Å². The van der Waals surface area contributed by atoms with Crippen molar-refractivity contribution in [2.24, 2.45) is 5.92 Å². The largest absolute Gasteiger partial charge is 0.445 e. The number of likely N-dealkylation sites (tertiary alicyclic amines) is 1. The normalized spacial score (nSPS) is 20.9. The minimum absolute atomic E-state index is 0.0833. The number of allylic oxidation sites excluding steroid dienone is 5. The number of methoxy groups -OCH3 is 1. The maximum atomic E-state index is 11.8. The number of alkyl carbamates (subject to hydrolysis) is 1. The van der Waals surface area contributed by atoms with Gasteiger partial charge in [-0.3, -0.25) is 4.79 Å². The van der Waals surface area contributed by atoms with Crippen molar-refractivity contribution in [3.8, 4) is 0 Å². The maximum absolute atomic E-state index is 11.8. The molecule has 6 heteroatoms. The van der Waals surface area contributed by atoms with E-state index in [1.54, 1.807) is 12.0 Å². The van der Waals surface area contributed by atoms with Gasteiger partial charge in [0.05, 0.1) is 5.60 Å². The molecule has 0 aromatic rings. The molecule has 1 atom stereocenters. The van der Waals surface area contributed by atoms with Gasteiger partial charge in [-0.2, -0.15) is 0 Å². The summed E-state index contributed by atoms with van der Waals surface area (Å²) < 4.78 is 10.3. The number of rotatable bonds is 7. The Hall–Kier alpha value is -2.08. The molecule has 1 heterocycles. The van der Waals surface area contributed by atoms with Crippen LogP contribution >= 0.6 is 0 Å². The van der Waals surface area contributed by atoms with Gasteiger partial charge in [0.2, 0.25) is 6.41 Å². The molecule has 0 aromatic heterocycles. The summed E-state index contributed by atoms with van der Waals surface area (Å²) in [6, 6.07) is 0. The average Bonchev–Trinajstić information content (AvgIpc) is 2.79. The van der Waals surface area contributed by atoms with Crippen LogP contribution in [0.2, 0.25) is 0 Å². The number of nitrogens with one attached hydrogen (secondary N) is 1. The van der Waals surface area contributed by atoms with Crippen molar-refractivity contribution < 1.29 is 19.1 Å². The molecule has 1 saturated heterocycles. The number of hydrogen-bond acceptors (Lipinski definition) is 4. The van der Waals surface area contributed by atoms with Crippen molar-refractivity contribution in [1.82, 2.24) is 10.2 Å². The van der Waals surface area contributed by atoms with Gasteiger partial charge >= 0.3 is 6.09 Å². The van der Waals surface area contributed by atoms with Gasteiger partial charge < -0.3 is 19.7 Å². The van der Waals surface area contributed by atoms with E-state index in [2.05, 4.69) is 44.3 Å². The third-order valence-electron chi connectivity index (χ3n) is 5.31. The Bertz CT molecular complexity index is 576. The van der Waals surface area contributed by atoms with E-state index < -0.39 is 0 Å². The van der Waals surface area contributed by atoms with Crippen LogP contribution in [-0.2, 0) is 14.3 Å². The molecule has 178 valence electrons. The Balaban J connectivity index is 0.000000852. The van der Waals surface area contributed by atoms with E-state index in [9.17, 15) is 9.59 Å². The molecule has 1 aliphatic carbocycles. The summed E-state index contributed by atoms with van der Waals surface area (Å²) >= 11 is 0. The smallest absolute Gasteiger partial charge is 0.407 e. The Labute approximate surface area is 189 Å². The molecule has 0 spiro atoms. The molecular weight excluding hydrogens is 392 g/mol. The minimum Gasteiger partial charge on any atom is -0.445 e. The summed E-state index contributed by atoms with van der Waals surface area (Å²) in [7, 11) is 1.74. The summed E-state index contributed by atoms with van der Waals surface area (Å²) in [5, 5.41) is 2.80. The lowest BCUT2D eigenvalue weighted by atomic mass is 9.99. The molecule has 0 bridgehead atoms. The molecule has 0 aromatic carbocycles. The fourth-order valence-corrected chi connectivity index (χ4v) is 2.81. The second-order valence-electron chi connectivity index (χ2n) is 8.05. The first-order valence-electron chi connectivity index (χ1n) is 11.5. The Morgan fingerprint density at radius 2 is 2.03 bits per heavy atom. The van der Waals surface area contributed by atoms with Crippen LogP contribution in [-0.4, -0.2) is 56.4 Å². The number of ether oxygens (including phenoxy) is 2. The molecule has 2 aliphatic rings. The standard InChI is InChI=1S/C17H24N2O3.C6H14O.C2H6/c20-14-19-10-6-9-16(12-19)11-18-17(21)22-13-15-7-4-2-1-3-5-8-15;1-5-6(2,3)7-4;1-2/h2-5,7,14,16H,1,6,8-13H2,(H,18,21);5H2,1-4H3;1-2H3/b4-2?,5-3-,15-7+;;. The number of amides is 2. The van der Waals surface area contributed by atoms with Crippen molar-refractivity contribution in [3.05, 3.63) is 36.0 Å². The van der Waals surface area contributed by atoms with E-state index >= 15 is 0 Å². The topological polar surface area (TPSA) is 67.9 Å². The zero-order valence-corrected chi connectivity index (χ0v) is 20.5. The third kappa shape index (κ3) is 14.5. The van der Waals surface area contributed by atoms with Gasteiger partial charge in [-0.25, -0.2) is 4.79 Å². The summed E-state index contributed by atoms with van der Waals surface area (Å²) in [5.41, 5.74) is 1.16. The Morgan fingerprint density at radius 3 is 2.65 bits per heavy atom. The highest BCUT2D eigenvalue weighted by Crippen LogP contribution is 2.14. The number of nitrogens with zero attached hydrogens (tertiary/aromatic N) is 1. The lowest BCUT2D eigenvalue weighted by Gasteiger charge is -2.29. The van der Waals surface area contributed by atoms with E-state index in [0.29, 0.717) is 25.6 Å². The molecule has 6 nitrogen and oxygen atoms in total. The van der Waals surface area contributed by atoms with Crippen molar-refractivity contribution in [3.63, 3.8) is 0 Å². The van der Waals surface area contributed by atoms with Crippen molar-refractivity contribution in [2.45, 2.75) is 72.3 Å². The van der Waals surface area contributed by atoms with E-state index in [1.165, 1.54) is 0 Å². The molecule has 2 rings (SSSR count). The van der Waals surface area contributed by atoms with Crippen LogP contribution in [0.25, 0.3) is 0 Å². The highest BCUT2D eigenvalue weighted by Gasteiger charge is 2.19. The molecule has 31 heavy (non-hydrogen) atoms. The van der Waals surface area contributed by atoms with Crippen LogP contribution in [0.15, 0.2) is 36.0 Å². The van der Waals surface area contributed by atoms with Gasteiger partial charge in [0.25, 0.3) is 0 Å². The van der Waals surface area contributed by atoms with Crippen molar-refractivity contribution in [1.29, 1.82) is 0 Å². The summed E-state index contributed by atoms with van der Waals surface area (Å²) in [5.74, 6) is 0.318. The fraction of sp³-hybridized carbons (Fsp3) is 0.680. The van der Waals surface area contributed by atoms with E-state index in [-0.39, 0.29) is 11.7 Å². The molecule has 1 fully saturated rings. The first-order chi connectivity index (χ1) is 14.9. The number of carbonyl (C=O) groups is 2. The highest BCUT2D eigenvalue weighted by atomic mass is 16.5. The average molecular weight is 437 g/mol. The zero-order valence-electron chi connectivity index (χ0n) is 20.5. The van der Waals surface area contributed by atoms with Gasteiger partial charge in [-0.15, -0.1) is 0 Å². The number of carbonyl (C=O) groups excluding carboxylic acids is 2. The second-order valence-corrected chi connectivity index (χ2v) is 8.05. The first-order valence-corrected chi connectivity index (χ1v) is 11.5. The maximum Gasteiger partial charge on any atom is 0.407 e. The van der Waals surface area contributed by atoms with Crippen LogP contribution in [0.1, 0.15) is 66.7 Å². The predicted octanol–water partition coefficient (Wildman–Crippen LogP) is 5.26. The van der Waals surface area contributed by atoms with Gasteiger partial charge in [-0.05, 0) is 57.4 Å². The monoisotopic (exact) mass is 436 g/mol. The molecule has 2 amide bonds. The van der Waals surface area contributed by atoms with Gasteiger partial charge in [0.1, 0.15) is 6.61 Å². The Kier molecular flexibility index (Phi) is 16.4. The zero-order chi connectivity index (χ0) is 23.5. The lowest BCUT2D eigenvalue weighted by molar-refractivity contribution is -0.119. The number of piperidine rings is 1. The molecule has 0 radical (unpaired) electrons. The van der Waals surface area contributed by atoms with Gasteiger partial charge in [0.15, 0.2) is 0 Å². The van der Waals surface area contributed by atoms with Gasteiger partial charge in [0, 0.05) is 26.7 Å². The van der Waals surface area contributed by atoms with Crippen molar-refractivity contribution >= 4 is 12.5 Å². The highest BCUT2D eigenvalue weighted by molar-refractivity contribution is 5.67. The molecule has 1 N–H and O–H groups in total. The first kappa shape index (κ1) is 28.9. The van der Waals surface area contributed by atoms with Crippen LogP contribution in [0.5, 0.6) is 0 Å². The number of hydrogen-bond donors (Lipinski definition) is 1. The molecule has 1 aliphatic heterocycles. The van der Waals surface area contributed by atoms with Crippen molar-refractivity contribution in [2.75, 3.05) is 33.4 Å². The molecular formula is C25H44N2O4. The van der Waals surface area contributed by atoms with Crippen LogP contribution in [0, 0.1) is 5.92 Å². The summed E-state index contributed by atoms with van der Waals surface area (Å²) in [6.07, 6.45) is 15.6. The third-order valence-corrected chi connectivity index (χ3v) is 5.31. The predicted molar refractivity (Wildman–Crippen MR) is 128 cm³/mol. The van der Waals surface area contributed by atoms with Crippen LogP contribution < -0.4 is 5.32 Å². The molecule has 1 unspecified atom stereocenters. The van der Waals surface area contributed by atoms with E-state index in [4.69, 9.17) is 9.47 Å². The van der Waals surface area contributed by atoms with E-state index in [1.807, 2.05) is 26.0 Å². The fourth-order valence-electron chi connectivity index (χ4n) is 2.81. The quantitative estimate of drug-likeness (QED) is 0.436. The van der Waals surface area contributed by atoms with Gasteiger partial charge in [-0.1, -0.05) is 51.2 Å². The summed E-state index contributed by atoms with van der Waals surface area (Å²) in [4.78, 5) is 24.3. The second kappa shape index (κ2) is 17.6. The minimum atomic E-state index is -0.390. The summed E-state index contributed by atoms with van der Waals surface area (Å²) in [6.45, 7) is 12.7. The van der Waals surface area contributed by atoms with E-state index in [0.717, 1.165) is 50.6 Å². The SMILES string of the molecule is CC.CCC(C)(C)OC.O=CN1CCCC(CNC(=O)OC/C2=C/C=CC/C=C\C2)C1. The lowest BCUT2D eigenvalue weighted by Crippen LogP contribution is -2.40. The Morgan fingerprint density at radius 1 is 1.29 bits per heavy atom. The van der Waals surface area contributed by atoms with Crippen LogP contribution in [0.4, 0.5) is 4.79 Å². The molecule has 0 saturated carbocycles.